The molecule has 0 aromatic carbocycles. The van der Waals surface area contributed by atoms with Gasteiger partial charge in [0.05, 0.1) is 0 Å². The Morgan fingerprint density at radius 1 is 1.24 bits per heavy atom. The Kier molecular flexibility index (Phi) is 9.19. The van der Waals surface area contributed by atoms with Crippen molar-refractivity contribution in [3.63, 3.8) is 0 Å². The van der Waals surface area contributed by atoms with Crippen molar-refractivity contribution in [3.05, 3.63) is 0 Å². The van der Waals surface area contributed by atoms with Crippen LogP contribution >= 0.6 is 0 Å². The number of unbranched alkanes of at least 4 members (excludes halogenated alkanes) is 1. The summed E-state index contributed by atoms with van der Waals surface area (Å²) in [6, 6.07) is 0. The molecule has 0 fully saturated rings. The van der Waals surface area contributed by atoms with Gasteiger partial charge in [-0.1, -0.05) is 27.2 Å². The minimum absolute atomic E-state index is 0.0410. The molecule has 0 aliphatic heterocycles. The van der Waals surface area contributed by atoms with E-state index in [1.165, 1.54) is 0 Å². The summed E-state index contributed by atoms with van der Waals surface area (Å²) >= 11 is 0. The lowest BCUT2D eigenvalue weighted by atomic mass is 10.2. The molecule has 5 nitrogen and oxygen atoms in total. The van der Waals surface area contributed by atoms with Crippen LogP contribution in [0.4, 0.5) is 0 Å². The molecule has 0 aromatic rings. The highest BCUT2D eigenvalue weighted by Crippen LogP contribution is 1.90. The quantitative estimate of drug-likeness (QED) is 0.335. The van der Waals surface area contributed by atoms with Crippen molar-refractivity contribution >= 4 is 11.9 Å². The van der Waals surface area contributed by atoms with Gasteiger partial charge < -0.3 is 16.4 Å². The zero-order valence-electron chi connectivity index (χ0n) is 11.3. The van der Waals surface area contributed by atoms with Gasteiger partial charge in [-0.05, 0) is 12.8 Å². The number of rotatable bonds is 8. The number of nitrogens with zero attached hydrogens (tertiary/aromatic N) is 1. The van der Waals surface area contributed by atoms with Crippen molar-refractivity contribution in [1.29, 1.82) is 0 Å². The fourth-order valence-corrected chi connectivity index (χ4v) is 1.14. The Hall–Kier alpha value is -1.26. The SMILES string of the molecule is CCCCNC(N)=NCCCNC(=O)C(C)C. The summed E-state index contributed by atoms with van der Waals surface area (Å²) in [6.07, 6.45) is 3.05. The zero-order chi connectivity index (χ0) is 13.1. The number of guanidine groups is 1. The predicted molar refractivity (Wildman–Crippen MR) is 71.9 cm³/mol. The highest BCUT2D eigenvalue weighted by atomic mass is 16.1. The Labute approximate surface area is 104 Å². The van der Waals surface area contributed by atoms with Crippen LogP contribution in [0.1, 0.15) is 40.0 Å². The number of nitrogens with two attached hydrogens (primary N) is 1. The van der Waals surface area contributed by atoms with E-state index in [-0.39, 0.29) is 11.8 Å². The van der Waals surface area contributed by atoms with Crippen LogP contribution in [0.25, 0.3) is 0 Å². The second kappa shape index (κ2) is 9.93. The fourth-order valence-electron chi connectivity index (χ4n) is 1.14. The predicted octanol–water partition coefficient (Wildman–Crippen LogP) is 0.853. The third-order valence-corrected chi connectivity index (χ3v) is 2.28. The van der Waals surface area contributed by atoms with Gasteiger partial charge in [-0.15, -0.1) is 0 Å². The molecule has 0 radical (unpaired) electrons. The molecular weight excluding hydrogens is 216 g/mol. The first kappa shape index (κ1) is 15.7. The molecule has 0 saturated heterocycles. The number of aliphatic imine (C=N–C) groups is 1. The molecule has 0 aliphatic rings. The average molecular weight is 242 g/mol. The summed E-state index contributed by atoms with van der Waals surface area (Å²) in [7, 11) is 0. The maximum Gasteiger partial charge on any atom is 0.222 e. The normalized spacial score (nSPS) is 11.6. The van der Waals surface area contributed by atoms with E-state index in [1.54, 1.807) is 0 Å². The van der Waals surface area contributed by atoms with E-state index in [4.69, 9.17) is 5.73 Å². The van der Waals surface area contributed by atoms with Crippen LogP contribution in [0.15, 0.2) is 4.99 Å². The van der Waals surface area contributed by atoms with E-state index in [0.717, 1.165) is 25.8 Å². The molecule has 0 heterocycles. The van der Waals surface area contributed by atoms with Gasteiger partial charge in [-0.3, -0.25) is 9.79 Å². The monoisotopic (exact) mass is 242 g/mol. The maximum atomic E-state index is 11.2. The van der Waals surface area contributed by atoms with Crippen molar-refractivity contribution in [2.45, 2.75) is 40.0 Å². The number of amides is 1. The summed E-state index contributed by atoms with van der Waals surface area (Å²) in [5, 5.41) is 5.88. The van der Waals surface area contributed by atoms with Crippen molar-refractivity contribution in [2.24, 2.45) is 16.6 Å². The van der Waals surface area contributed by atoms with E-state index in [0.29, 0.717) is 19.0 Å². The third kappa shape index (κ3) is 9.66. The van der Waals surface area contributed by atoms with Crippen LogP contribution in [0.3, 0.4) is 0 Å². The smallest absolute Gasteiger partial charge is 0.222 e. The van der Waals surface area contributed by atoms with Gasteiger partial charge >= 0.3 is 0 Å². The molecule has 5 heteroatoms. The van der Waals surface area contributed by atoms with Crippen LogP contribution in [0.5, 0.6) is 0 Å². The zero-order valence-corrected chi connectivity index (χ0v) is 11.3. The number of carbonyl (C=O) groups is 1. The molecule has 17 heavy (non-hydrogen) atoms. The summed E-state index contributed by atoms with van der Waals surface area (Å²) in [5.41, 5.74) is 5.66. The Bertz CT molecular complexity index is 239. The molecule has 0 aliphatic carbocycles. The number of nitrogens with one attached hydrogen (secondary N) is 2. The van der Waals surface area contributed by atoms with E-state index in [1.807, 2.05) is 13.8 Å². The Balaban J connectivity index is 3.48. The van der Waals surface area contributed by atoms with Crippen molar-refractivity contribution in [1.82, 2.24) is 10.6 Å². The molecule has 0 aromatic heterocycles. The molecule has 1 amide bonds. The average Bonchev–Trinajstić information content (AvgIpc) is 2.28. The fraction of sp³-hybridized carbons (Fsp3) is 0.833. The van der Waals surface area contributed by atoms with Crippen LogP contribution < -0.4 is 16.4 Å². The molecule has 0 atom stereocenters. The van der Waals surface area contributed by atoms with Gasteiger partial charge in [0.1, 0.15) is 0 Å². The second-order valence-corrected chi connectivity index (χ2v) is 4.35. The van der Waals surface area contributed by atoms with Crippen LogP contribution in [0.2, 0.25) is 0 Å². The summed E-state index contributed by atoms with van der Waals surface area (Å²) in [5.74, 6) is 0.621. The highest BCUT2D eigenvalue weighted by molar-refractivity contribution is 5.78. The van der Waals surface area contributed by atoms with E-state index < -0.39 is 0 Å². The molecule has 100 valence electrons. The lowest BCUT2D eigenvalue weighted by Gasteiger charge is -2.07. The van der Waals surface area contributed by atoms with Crippen LogP contribution in [-0.2, 0) is 4.79 Å². The van der Waals surface area contributed by atoms with Gasteiger partial charge in [0.2, 0.25) is 5.91 Å². The van der Waals surface area contributed by atoms with Crippen molar-refractivity contribution in [2.75, 3.05) is 19.6 Å². The van der Waals surface area contributed by atoms with Gasteiger partial charge in [-0.2, -0.15) is 0 Å². The minimum Gasteiger partial charge on any atom is -0.370 e. The van der Waals surface area contributed by atoms with Crippen LogP contribution in [-0.4, -0.2) is 31.5 Å². The highest BCUT2D eigenvalue weighted by Gasteiger charge is 2.04. The Morgan fingerprint density at radius 3 is 2.47 bits per heavy atom. The van der Waals surface area contributed by atoms with Gasteiger partial charge in [0.15, 0.2) is 5.96 Å². The molecule has 0 saturated carbocycles. The largest absolute Gasteiger partial charge is 0.370 e. The second-order valence-electron chi connectivity index (χ2n) is 4.35. The first-order valence-electron chi connectivity index (χ1n) is 6.39. The topological polar surface area (TPSA) is 79.5 Å². The number of hydrogen-bond acceptors (Lipinski definition) is 2. The van der Waals surface area contributed by atoms with Gasteiger partial charge in [0, 0.05) is 25.6 Å². The first-order valence-corrected chi connectivity index (χ1v) is 6.39. The van der Waals surface area contributed by atoms with Gasteiger partial charge in [-0.25, -0.2) is 0 Å². The summed E-state index contributed by atoms with van der Waals surface area (Å²) in [6.45, 7) is 8.06. The van der Waals surface area contributed by atoms with Crippen molar-refractivity contribution < 1.29 is 4.79 Å². The molecule has 0 spiro atoms. The van der Waals surface area contributed by atoms with E-state index >= 15 is 0 Å². The first-order chi connectivity index (χ1) is 8.07. The van der Waals surface area contributed by atoms with Gasteiger partial charge in [0.25, 0.3) is 0 Å². The lowest BCUT2D eigenvalue weighted by molar-refractivity contribution is -0.123. The molecule has 4 N–H and O–H groups in total. The number of carbonyl (C=O) groups excluding carboxylic acids is 1. The molecule has 0 bridgehead atoms. The molecule has 0 rings (SSSR count). The maximum absolute atomic E-state index is 11.2. The van der Waals surface area contributed by atoms with E-state index in [2.05, 4.69) is 22.5 Å². The molecular formula is C12H26N4O. The summed E-state index contributed by atoms with van der Waals surface area (Å²) < 4.78 is 0. The third-order valence-electron chi connectivity index (χ3n) is 2.28. The summed E-state index contributed by atoms with van der Waals surface area (Å²) in [4.78, 5) is 15.4. The minimum atomic E-state index is 0.0410. The lowest BCUT2D eigenvalue weighted by Crippen LogP contribution is -2.33. The standard InChI is InChI=1S/C12H26N4O/c1-4-5-7-15-12(13)16-9-6-8-14-11(17)10(2)3/h10H,4-9H2,1-3H3,(H,14,17)(H3,13,15,16). The van der Waals surface area contributed by atoms with Crippen molar-refractivity contribution in [3.8, 4) is 0 Å². The van der Waals surface area contributed by atoms with Crippen LogP contribution in [0, 0.1) is 5.92 Å². The number of hydrogen-bond donors (Lipinski definition) is 3. The van der Waals surface area contributed by atoms with E-state index in [9.17, 15) is 4.79 Å². The Morgan fingerprint density at radius 2 is 1.88 bits per heavy atom. The molecule has 0 unspecified atom stereocenters.